The number of halogens is 1. The number of benzene rings is 1. The number of para-hydroxylation sites is 1. The number of carbonyl (C=O) groups excluding carboxylic acids is 1. The molecule has 0 amide bonds. The summed E-state index contributed by atoms with van der Waals surface area (Å²) in [4.78, 5) is 30.2. The number of imidazole rings is 1. The second-order valence-corrected chi connectivity index (χ2v) is 10.2. The summed E-state index contributed by atoms with van der Waals surface area (Å²) in [5.41, 5.74) is 2.41. The molecule has 0 saturated carbocycles. The Labute approximate surface area is 209 Å². The fourth-order valence-electron chi connectivity index (χ4n) is 3.84. The molecule has 0 aliphatic carbocycles. The van der Waals surface area contributed by atoms with Crippen molar-refractivity contribution in [1.29, 1.82) is 0 Å². The van der Waals surface area contributed by atoms with Crippen molar-refractivity contribution >= 4 is 25.3 Å². The number of aromatic nitrogens is 4. The molecule has 3 heterocycles. The minimum atomic E-state index is -4.27. The summed E-state index contributed by atoms with van der Waals surface area (Å²) >= 11 is 0. The highest BCUT2D eigenvalue weighted by Gasteiger charge is 2.56. The number of nitrogen functional groups attached to an aromatic ring is 1. The number of methoxy groups -OCH3 is 1. The summed E-state index contributed by atoms with van der Waals surface area (Å²) in [5.74, 6) is -0.806. The predicted molar refractivity (Wildman–Crippen MR) is 126 cm³/mol. The first-order valence-corrected chi connectivity index (χ1v) is 12.6. The van der Waals surface area contributed by atoms with Crippen molar-refractivity contribution in [1.82, 2.24) is 24.7 Å². The maximum Gasteiger partial charge on any atom is 0.459 e. The SMILES string of the molecule is COC(=O)[C@H](C)NP(=O)(OC[C@H]1O[C@@H](c2cnc3c(=O)[nH]c(N)nn23)[C@](C)(F)[C@@H]1O)Oc1ccccc1. The van der Waals surface area contributed by atoms with Crippen LogP contribution in [0, 0.1) is 0 Å². The lowest BCUT2D eigenvalue weighted by Crippen LogP contribution is -2.40. The number of hydrogen-bond acceptors (Lipinski definition) is 11. The van der Waals surface area contributed by atoms with Gasteiger partial charge in [-0.2, -0.15) is 5.09 Å². The number of hydrogen-bond donors (Lipinski definition) is 4. The summed E-state index contributed by atoms with van der Waals surface area (Å²) < 4.78 is 51.7. The standard InChI is InChI=1S/C21H26FN6O8P/c1-11(19(31)33-3)27-37(32,36-12-7-5-4-6-8-12)34-10-14-15(29)21(2,22)16(35-14)13-9-24-17-18(30)25-20(23)26-28(13)17/h4-9,11,14-16,29H,10H2,1-3H3,(H,27,32)(H3,23,25,26,30)/t11-,14+,15+,16-,21+,37?/m0/s1. The third kappa shape index (κ3) is 5.36. The van der Waals surface area contributed by atoms with E-state index in [0.717, 1.165) is 18.5 Å². The highest BCUT2D eigenvalue weighted by molar-refractivity contribution is 7.52. The second-order valence-electron chi connectivity index (χ2n) is 8.48. The van der Waals surface area contributed by atoms with E-state index >= 15 is 4.39 Å². The van der Waals surface area contributed by atoms with Gasteiger partial charge in [-0.25, -0.2) is 18.5 Å². The molecule has 6 atom stereocenters. The highest BCUT2D eigenvalue weighted by atomic mass is 31.2. The van der Waals surface area contributed by atoms with E-state index in [0.29, 0.717) is 0 Å². The molecule has 14 nitrogen and oxygen atoms in total. The van der Waals surface area contributed by atoms with Gasteiger partial charge >= 0.3 is 13.7 Å². The zero-order chi connectivity index (χ0) is 27.0. The molecule has 1 saturated heterocycles. The highest BCUT2D eigenvalue weighted by Crippen LogP contribution is 2.48. The van der Waals surface area contributed by atoms with E-state index in [9.17, 15) is 19.3 Å². The Bertz CT molecular complexity index is 1380. The maximum atomic E-state index is 15.7. The van der Waals surface area contributed by atoms with E-state index < -0.39 is 55.9 Å². The van der Waals surface area contributed by atoms with Crippen molar-refractivity contribution < 1.29 is 37.4 Å². The number of fused-ring (bicyclic) bond motifs is 1. The average Bonchev–Trinajstić information content (AvgIpc) is 3.36. The fourth-order valence-corrected chi connectivity index (χ4v) is 5.34. The summed E-state index contributed by atoms with van der Waals surface area (Å²) in [7, 11) is -3.12. The molecule has 1 fully saturated rings. The first-order chi connectivity index (χ1) is 17.4. The van der Waals surface area contributed by atoms with Crippen LogP contribution < -0.4 is 20.9 Å². The maximum absolute atomic E-state index is 15.7. The number of esters is 1. The molecule has 1 aromatic carbocycles. The molecular weight excluding hydrogens is 514 g/mol. The Morgan fingerprint density at radius 1 is 1.43 bits per heavy atom. The summed E-state index contributed by atoms with van der Waals surface area (Å²) in [6.45, 7) is 1.88. The molecule has 200 valence electrons. The van der Waals surface area contributed by atoms with E-state index in [1.54, 1.807) is 18.2 Å². The second kappa shape index (κ2) is 10.2. The third-order valence-electron chi connectivity index (χ3n) is 5.72. The normalized spacial score (nSPS) is 26.0. The van der Waals surface area contributed by atoms with Crippen LogP contribution in [0.15, 0.2) is 41.3 Å². The number of alkyl halides is 1. The Balaban J connectivity index is 1.57. The van der Waals surface area contributed by atoms with Gasteiger partial charge in [-0.3, -0.25) is 19.1 Å². The third-order valence-corrected chi connectivity index (χ3v) is 7.37. The summed E-state index contributed by atoms with van der Waals surface area (Å²) in [6.07, 6.45) is -3.37. The van der Waals surface area contributed by atoms with Crippen LogP contribution in [0.1, 0.15) is 25.6 Å². The number of anilines is 1. The van der Waals surface area contributed by atoms with Gasteiger partial charge in [0.05, 0.1) is 25.6 Å². The smallest absolute Gasteiger partial charge is 0.459 e. The van der Waals surface area contributed by atoms with E-state index in [2.05, 4.69) is 24.9 Å². The van der Waals surface area contributed by atoms with Gasteiger partial charge in [-0.1, -0.05) is 18.2 Å². The lowest BCUT2D eigenvalue weighted by molar-refractivity contribution is -0.142. The topological polar surface area (TPSA) is 192 Å². The number of nitrogens with two attached hydrogens (primary N) is 1. The molecule has 3 aromatic rings. The lowest BCUT2D eigenvalue weighted by atomic mass is 9.93. The van der Waals surface area contributed by atoms with Gasteiger partial charge in [0, 0.05) is 0 Å². The Morgan fingerprint density at radius 2 is 2.14 bits per heavy atom. The van der Waals surface area contributed by atoms with Gasteiger partial charge in [-0.15, -0.1) is 5.10 Å². The zero-order valence-electron chi connectivity index (χ0n) is 20.0. The Hall–Kier alpha value is -3.36. The van der Waals surface area contributed by atoms with Gasteiger partial charge < -0.3 is 24.8 Å². The molecule has 0 spiro atoms. The van der Waals surface area contributed by atoms with Crippen LogP contribution >= 0.6 is 7.75 Å². The predicted octanol–water partition coefficient (Wildman–Crippen LogP) is 0.884. The largest absolute Gasteiger partial charge is 0.468 e. The molecule has 0 radical (unpaired) electrons. The van der Waals surface area contributed by atoms with Crippen LogP contribution in [0.25, 0.3) is 5.65 Å². The Kier molecular flexibility index (Phi) is 7.35. The van der Waals surface area contributed by atoms with Crippen molar-refractivity contribution in [2.45, 2.75) is 43.9 Å². The molecule has 37 heavy (non-hydrogen) atoms. The number of aromatic amines is 1. The quantitative estimate of drug-likeness (QED) is 0.222. The molecular formula is C21H26FN6O8P. The van der Waals surface area contributed by atoms with Crippen molar-refractivity contribution in [3.63, 3.8) is 0 Å². The minimum absolute atomic E-state index is 0.0144. The molecule has 16 heteroatoms. The van der Waals surface area contributed by atoms with E-state index in [-0.39, 0.29) is 23.0 Å². The van der Waals surface area contributed by atoms with E-state index in [4.69, 9.17) is 19.5 Å². The van der Waals surface area contributed by atoms with Crippen molar-refractivity contribution in [3.8, 4) is 5.75 Å². The van der Waals surface area contributed by atoms with Crippen molar-refractivity contribution in [2.75, 3.05) is 19.5 Å². The molecule has 1 unspecified atom stereocenters. The lowest BCUT2D eigenvalue weighted by Gasteiger charge is -2.25. The van der Waals surface area contributed by atoms with Gasteiger partial charge in [-0.05, 0) is 26.0 Å². The number of carbonyl (C=O) groups is 1. The van der Waals surface area contributed by atoms with Gasteiger partial charge in [0.2, 0.25) is 11.6 Å². The monoisotopic (exact) mass is 540 g/mol. The Morgan fingerprint density at radius 3 is 2.81 bits per heavy atom. The van der Waals surface area contributed by atoms with Gasteiger partial charge in [0.1, 0.15) is 30.1 Å². The number of ether oxygens (including phenoxy) is 2. The minimum Gasteiger partial charge on any atom is -0.468 e. The van der Waals surface area contributed by atoms with Crippen LogP contribution in [0.3, 0.4) is 0 Å². The van der Waals surface area contributed by atoms with Crippen LogP contribution in [-0.2, 0) is 23.4 Å². The van der Waals surface area contributed by atoms with Crippen molar-refractivity contribution in [3.05, 3.63) is 52.6 Å². The first kappa shape index (κ1) is 26.7. The van der Waals surface area contributed by atoms with E-state index in [1.807, 2.05) is 0 Å². The molecule has 4 rings (SSSR count). The van der Waals surface area contributed by atoms with Gasteiger partial charge in [0.15, 0.2) is 5.67 Å². The first-order valence-electron chi connectivity index (χ1n) is 11.1. The van der Waals surface area contributed by atoms with Crippen molar-refractivity contribution in [2.24, 2.45) is 0 Å². The van der Waals surface area contributed by atoms with E-state index in [1.165, 1.54) is 25.3 Å². The van der Waals surface area contributed by atoms with Crippen LogP contribution in [0.2, 0.25) is 0 Å². The molecule has 0 bridgehead atoms. The number of nitrogens with one attached hydrogen (secondary N) is 2. The fraction of sp³-hybridized carbons (Fsp3) is 0.429. The molecule has 5 N–H and O–H groups in total. The summed E-state index contributed by atoms with van der Waals surface area (Å²) in [6, 6.07) is 6.91. The average molecular weight is 540 g/mol. The number of H-pyrrole nitrogens is 1. The van der Waals surface area contributed by atoms with Crippen LogP contribution in [-0.4, -0.2) is 68.3 Å². The molecule has 1 aliphatic heterocycles. The number of rotatable bonds is 9. The number of aliphatic hydroxyl groups excluding tert-OH is 1. The summed E-state index contributed by atoms with van der Waals surface area (Å²) in [5, 5.41) is 17.1. The van der Waals surface area contributed by atoms with Gasteiger partial charge in [0.25, 0.3) is 5.56 Å². The molecule has 2 aromatic heterocycles. The van der Waals surface area contributed by atoms with Crippen LogP contribution in [0.5, 0.6) is 5.75 Å². The zero-order valence-corrected chi connectivity index (χ0v) is 20.9. The number of aliphatic hydroxyl groups is 1. The number of nitrogens with zero attached hydrogens (tertiary/aromatic N) is 3. The van der Waals surface area contributed by atoms with Crippen LogP contribution in [0.4, 0.5) is 10.3 Å². The molecule has 1 aliphatic rings.